The Bertz CT molecular complexity index is 1410. The van der Waals surface area contributed by atoms with Crippen LogP contribution in [0.2, 0.25) is 0 Å². The van der Waals surface area contributed by atoms with Gasteiger partial charge in [-0.25, -0.2) is 0 Å². The first-order valence-electron chi connectivity index (χ1n) is 12.5. The number of amides is 4. The van der Waals surface area contributed by atoms with Gasteiger partial charge >= 0.3 is 0 Å². The van der Waals surface area contributed by atoms with Crippen LogP contribution < -0.4 is 26.8 Å². The van der Waals surface area contributed by atoms with Gasteiger partial charge in [0, 0.05) is 38.6 Å². The molecule has 0 radical (unpaired) electrons. The molecule has 0 saturated heterocycles. The van der Waals surface area contributed by atoms with Gasteiger partial charge < -0.3 is 25.8 Å². The number of Topliss-reactive ketones (excluding diaryl/α,β-unsaturated/α-hetero) is 1. The summed E-state index contributed by atoms with van der Waals surface area (Å²) in [7, 11) is 1.30. The second-order valence-corrected chi connectivity index (χ2v) is 8.74. The fourth-order valence-electron chi connectivity index (χ4n) is 3.71. The van der Waals surface area contributed by atoms with E-state index < -0.39 is 35.1 Å². The largest absolute Gasteiger partial charge is 0.354 e. The molecule has 0 spiro atoms. The van der Waals surface area contributed by atoms with Crippen LogP contribution in [-0.2, 0) is 32.1 Å². The number of nitrogens with zero attached hydrogens (tertiary/aromatic N) is 2. The zero-order chi connectivity index (χ0) is 28.9. The molecule has 40 heavy (non-hydrogen) atoms. The van der Waals surface area contributed by atoms with Gasteiger partial charge in [-0.2, -0.15) is 0 Å². The summed E-state index contributed by atoms with van der Waals surface area (Å²) in [5, 5.41) is 9.96. The van der Waals surface area contributed by atoms with Gasteiger partial charge in [0.1, 0.15) is 18.3 Å². The zero-order valence-corrected chi connectivity index (χ0v) is 21.9. The van der Waals surface area contributed by atoms with E-state index in [1.807, 2.05) is 30.3 Å². The monoisotopic (exact) mass is 546 g/mol. The summed E-state index contributed by atoms with van der Waals surface area (Å²) >= 11 is 0. The Morgan fingerprint density at radius 1 is 0.975 bits per heavy atom. The van der Waals surface area contributed by atoms with Gasteiger partial charge in [-0.05, 0) is 42.7 Å². The summed E-state index contributed by atoms with van der Waals surface area (Å²) in [6.07, 6.45) is 4.31. The number of hydrogen-bond donors (Lipinski definition) is 4. The topological polar surface area (TPSA) is 168 Å². The van der Waals surface area contributed by atoms with E-state index in [0.29, 0.717) is 13.0 Å². The van der Waals surface area contributed by atoms with Gasteiger partial charge in [0.25, 0.3) is 17.4 Å². The van der Waals surface area contributed by atoms with Crippen molar-refractivity contribution in [2.75, 3.05) is 18.9 Å². The lowest BCUT2D eigenvalue weighted by Crippen LogP contribution is -2.45. The van der Waals surface area contributed by atoms with Crippen LogP contribution in [0, 0.1) is 0 Å². The summed E-state index contributed by atoms with van der Waals surface area (Å²) in [6, 6.07) is 14.3. The number of aromatic nitrogens is 2. The van der Waals surface area contributed by atoms with Gasteiger partial charge in [0.05, 0.1) is 5.56 Å². The quantitative estimate of drug-likeness (QED) is 0.226. The molecular formula is C28H30N6O6. The van der Waals surface area contributed by atoms with E-state index >= 15 is 0 Å². The molecule has 12 nitrogen and oxygen atoms in total. The van der Waals surface area contributed by atoms with Crippen LogP contribution in [0.5, 0.6) is 0 Å². The maximum Gasteiger partial charge on any atom is 0.287 e. The third-order valence-electron chi connectivity index (χ3n) is 5.86. The van der Waals surface area contributed by atoms with Crippen LogP contribution in [-0.4, -0.2) is 58.6 Å². The van der Waals surface area contributed by atoms with Gasteiger partial charge in [0.15, 0.2) is 0 Å². The highest BCUT2D eigenvalue weighted by atomic mass is 16.2. The van der Waals surface area contributed by atoms with Crippen LogP contribution in [0.25, 0.3) is 0 Å². The normalized spacial score (nSPS) is 11.1. The molecule has 4 N–H and O–H groups in total. The van der Waals surface area contributed by atoms with E-state index in [9.17, 15) is 28.8 Å². The average molecular weight is 547 g/mol. The smallest absolute Gasteiger partial charge is 0.287 e. The summed E-state index contributed by atoms with van der Waals surface area (Å²) in [5.41, 5.74) is 0.487. The molecule has 3 rings (SSSR count). The Labute approximate surface area is 230 Å². The lowest BCUT2D eigenvalue weighted by Gasteiger charge is -2.18. The fourth-order valence-corrected chi connectivity index (χ4v) is 3.71. The van der Waals surface area contributed by atoms with Gasteiger partial charge in [0.2, 0.25) is 17.6 Å². The van der Waals surface area contributed by atoms with E-state index in [1.54, 1.807) is 6.07 Å². The number of nitrogens with one attached hydrogen (secondary N) is 4. The third kappa shape index (κ3) is 8.72. The first-order valence-corrected chi connectivity index (χ1v) is 12.5. The number of ketones is 1. The SMILES string of the molecule is CNC(=O)C(=O)CC[C@H](NC(=O)c1cccnc1)C(=O)Nc1cccn(CC(=O)NCCc2ccccc2)c1=O. The molecule has 1 aromatic carbocycles. The van der Waals surface area contributed by atoms with Crippen LogP contribution in [0.1, 0.15) is 28.8 Å². The summed E-state index contributed by atoms with van der Waals surface area (Å²) in [4.78, 5) is 78.6. The minimum Gasteiger partial charge on any atom is -0.354 e. The van der Waals surface area contributed by atoms with Crippen molar-refractivity contribution in [3.63, 3.8) is 0 Å². The number of carbonyl (C=O) groups excluding carboxylic acids is 5. The molecule has 0 fully saturated rings. The Kier molecular flexibility index (Phi) is 10.8. The van der Waals surface area contributed by atoms with Crippen LogP contribution in [0.15, 0.2) is 78.0 Å². The van der Waals surface area contributed by atoms with Gasteiger partial charge in [-0.3, -0.25) is 33.8 Å². The number of pyridine rings is 2. The number of likely N-dealkylation sites (N-methyl/N-ethyl adjacent to an activating group) is 1. The minimum atomic E-state index is -1.25. The molecule has 0 aliphatic carbocycles. The molecule has 1 atom stereocenters. The molecule has 0 unspecified atom stereocenters. The molecule has 2 aromatic heterocycles. The highest BCUT2D eigenvalue weighted by Gasteiger charge is 2.25. The van der Waals surface area contributed by atoms with Gasteiger partial charge in [-0.15, -0.1) is 0 Å². The summed E-state index contributed by atoms with van der Waals surface area (Å²) < 4.78 is 1.14. The van der Waals surface area contributed by atoms with E-state index in [1.165, 1.54) is 43.8 Å². The minimum absolute atomic E-state index is 0.122. The Balaban J connectivity index is 1.66. The van der Waals surface area contributed by atoms with E-state index in [-0.39, 0.29) is 36.5 Å². The average Bonchev–Trinajstić information content (AvgIpc) is 2.97. The second kappa shape index (κ2) is 14.7. The molecule has 0 saturated carbocycles. The zero-order valence-electron chi connectivity index (χ0n) is 21.9. The fraction of sp³-hybridized carbons (Fsp3) is 0.250. The Hall–Kier alpha value is -5.13. The molecule has 2 heterocycles. The lowest BCUT2D eigenvalue weighted by atomic mass is 10.1. The maximum atomic E-state index is 13.1. The number of hydrogen-bond acceptors (Lipinski definition) is 7. The van der Waals surface area contributed by atoms with Crippen molar-refractivity contribution < 1.29 is 24.0 Å². The molecular weight excluding hydrogens is 516 g/mol. The molecule has 0 aliphatic heterocycles. The summed E-state index contributed by atoms with van der Waals surface area (Å²) in [5.74, 6) is -3.37. The number of rotatable bonds is 13. The van der Waals surface area contributed by atoms with Crippen molar-refractivity contribution in [3.05, 3.63) is 94.7 Å². The number of carbonyl (C=O) groups is 5. The molecule has 0 aliphatic rings. The van der Waals surface area contributed by atoms with Crippen molar-refractivity contribution in [2.24, 2.45) is 0 Å². The van der Waals surface area contributed by atoms with Crippen LogP contribution >= 0.6 is 0 Å². The second-order valence-electron chi connectivity index (χ2n) is 8.74. The van der Waals surface area contributed by atoms with E-state index in [2.05, 4.69) is 26.3 Å². The van der Waals surface area contributed by atoms with Crippen LogP contribution in [0.3, 0.4) is 0 Å². The Morgan fingerprint density at radius 3 is 2.45 bits per heavy atom. The molecule has 12 heteroatoms. The van der Waals surface area contributed by atoms with E-state index in [4.69, 9.17) is 0 Å². The third-order valence-corrected chi connectivity index (χ3v) is 5.86. The van der Waals surface area contributed by atoms with Crippen molar-refractivity contribution in [3.8, 4) is 0 Å². The van der Waals surface area contributed by atoms with Crippen molar-refractivity contribution in [1.29, 1.82) is 0 Å². The molecule has 0 bridgehead atoms. The van der Waals surface area contributed by atoms with Crippen molar-refractivity contribution in [2.45, 2.75) is 31.8 Å². The molecule has 4 amide bonds. The lowest BCUT2D eigenvalue weighted by molar-refractivity contribution is -0.137. The Morgan fingerprint density at radius 2 is 1.75 bits per heavy atom. The standard InChI is InChI=1S/C28H30N6O6/c1-29-27(39)23(35)12-11-21(32-25(37)20-9-5-14-30-17-20)26(38)33-22-10-6-16-34(28(22)40)18-24(36)31-15-13-19-7-3-2-4-8-19/h2-10,14,16-17,21H,11-13,15,18H2,1H3,(H,29,39)(H,31,36)(H,32,37)(H,33,38)/t21-/m0/s1. The molecule has 3 aromatic rings. The van der Waals surface area contributed by atoms with Crippen molar-refractivity contribution in [1.82, 2.24) is 25.5 Å². The predicted octanol–water partition coefficient (Wildman–Crippen LogP) is 0.435. The first-order chi connectivity index (χ1) is 19.3. The van der Waals surface area contributed by atoms with Crippen molar-refractivity contribution >= 4 is 35.1 Å². The highest BCUT2D eigenvalue weighted by molar-refractivity contribution is 6.36. The maximum absolute atomic E-state index is 13.1. The predicted molar refractivity (Wildman–Crippen MR) is 146 cm³/mol. The summed E-state index contributed by atoms with van der Waals surface area (Å²) in [6.45, 7) is 0.125. The van der Waals surface area contributed by atoms with E-state index in [0.717, 1.165) is 10.1 Å². The first kappa shape index (κ1) is 29.4. The van der Waals surface area contributed by atoms with Crippen LogP contribution in [0.4, 0.5) is 5.69 Å². The van der Waals surface area contributed by atoms with Gasteiger partial charge in [-0.1, -0.05) is 30.3 Å². The number of benzene rings is 1. The molecule has 208 valence electrons. The number of anilines is 1. The highest BCUT2D eigenvalue weighted by Crippen LogP contribution is 2.07.